The Kier molecular flexibility index (Phi) is 4.10. The number of aromatic nitrogens is 2. The number of ketones is 1. The van der Waals surface area contributed by atoms with Crippen LogP contribution in [0.1, 0.15) is 44.5 Å². The molecule has 0 aromatic carbocycles. The molecule has 0 spiro atoms. The molecule has 1 aliphatic carbocycles. The number of carbonyl (C=O) groups is 1. The molecule has 0 radical (unpaired) electrons. The predicted octanol–water partition coefficient (Wildman–Crippen LogP) is 3.18. The molecular weight excluding hydrogens is 248 g/mol. The van der Waals surface area contributed by atoms with Crippen LogP contribution in [0.3, 0.4) is 0 Å². The van der Waals surface area contributed by atoms with Crippen molar-refractivity contribution in [1.82, 2.24) is 9.78 Å². The summed E-state index contributed by atoms with van der Waals surface area (Å²) in [5.41, 5.74) is 1.76. The number of carbonyl (C=O) groups excluding carboxylic acids is 1. The van der Waals surface area contributed by atoms with E-state index in [2.05, 4.69) is 12.0 Å². The average Bonchev–Trinajstić information content (AvgIpc) is 2.87. The molecular formula is C14H21ClN2O. The van der Waals surface area contributed by atoms with Gasteiger partial charge in [-0.2, -0.15) is 5.10 Å². The van der Waals surface area contributed by atoms with Crippen molar-refractivity contribution in [2.24, 2.45) is 18.9 Å². The van der Waals surface area contributed by atoms with E-state index in [1.54, 1.807) is 4.68 Å². The summed E-state index contributed by atoms with van der Waals surface area (Å²) >= 11 is 6.27. The van der Waals surface area contributed by atoms with Crippen molar-refractivity contribution >= 4 is 17.4 Å². The molecule has 2 unspecified atom stereocenters. The molecule has 1 aromatic rings. The quantitative estimate of drug-likeness (QED) is 0.841. The topological polar surface area (TPSA) is 34.9 Å². The number of hydrogen-bond acceptors (Lipinski definition) is 2. The number of halogens is 1. The summed E-state index contributed by atoms with van der Waals surface area (Å²) in [5, 5.41) is 5.04. The molecule has 100 valence electrons. The van der Waals surface area contributed by atoms with E-state index in [9.17, 15) is 4.79 Å². The van der Waals surface area contributed by atoms with Crippen LogP contribution in [0.25, 0.3) is 0 Å². The van der Waals surface area contributed by atoms with Crippen molar-refractivity contribution in [2.75, 3.05) is 0 Å². The summed E-state index contributed by atoms with van der Waals surface area (Å²) < 4.78 is 1.76. The van der Waals surface area contributed by atoms with Gasteiger partial charge in [-0.15, -0.1) is 0 Å². The summed E-state index contributed by atoms with van der Waals surface area (Å²) in [5.74, 6) is 1.25. The zero-order valence-electron chi connectivity index (χ0n) is 11.4. The van der Waals surface area contributed by atoms with Crippen LogP contribution in [-0.2, 0) is 24.7 Å². The second kappa shape index (κ2) is 5.43. The Labute approximate surface area is 114 Å². The number of rotatable bonds is 4. The van der Waals surface area contributed by atoms with Crippen molar-refractivity contribution in [3.05, 3.63) is 16.4 Å². The third-order valence-electron chi connectivity index (χ3n) is 3.99. The van der Waals surface area contributed by atoms with Crippen LogP contribution in [0.15, 0.2) is 0 Å². The standard InChI is InChI=1S/C14H21ClN2O/c1-4-11-14(15)12(17(3)16-11)8-13(18)10-6-5-9(2)7-10/h9-10H,4-8H2,1-3H3. The number of hydrogen-bond donors (Lipinski definition) is 0. The Balaban J connectivity index is 2.09. The number of Topliss-reactive ketones (excluding diaryl/α,β-unsaturated/α-hetero) is 1. The van der Waals surface area contributed by atoms with E-state index >= 15 is 0 Å². The normalized spacial score (nSPS) is 23.6. The lowest BCUT2D eigenvalue weighted by Gasteiger charge is -2.09. The third kappa shape index (κ3) is 2.61. The first kappa shape index (κ1) is 13.6. The molecule has 1 aliphatic rings. The van der Waals surface area contributed by atoms with Crippen molar-refractivity contribution < 1.29 is 4.79 Å². The Bertz CT molecular complexity index is 453. The molecule has 2 atom stereocenters. The van der Waals surface area contributed by atoms with Gasteiger partial charge < -0.3 is 0 Å². The second-order valence-corrected chi connectivity index (χ2v) is 5.82. The number of aryl methyl sites for hydroxylation is 2. The molecule has 1 fully saturated rings. The minimum absolute atomic E-state index is 0.232. The second-order valence-electron chi connectivity index (χ2n) is 5.44. The minimum Gasteiger partial charge on any atom is -0.299 e. The Morgan fingerprint density at radius 1 is 1.50 bits per heavy atom. The summed E-state index contributed by atoms with van der Waals surface area (Å²) in [4.78, 5) is 12.3. The highest BCUT2D eigenvalue weighted by Gasteiger charge is 2.28. The zero-order chi connectivity index (χ0) is 13.3. The highest BCUT2D eigenvalue weighted by atomic mass is 35.5. The Morgan fingerprint density at radius 2 is 2.22 bits per heavy atom. The SMILES string of the molecule is CCc1nn(C)c(CC(=O)C2CCC(C)C2)c1Cl. The molecule has 0 N–H and O–H groups in total. The highest BCUT2D eigenvalue weighted by Crippen LogP contribution is 2.32. The van der Waals surface area contributed by atoms with E-state index in [0.717, 1.165) is 30.7 Å². The number of nitrogens with zero attached hydrogens (tertiary/aromatic N) is 2. The monoisotopic (exact) mass is 268 g/mol. The van der Waals surface area contributed by atoms with Crippen molar-refractivity contribution in [1.29, 1.82) is 0 Å². The van der Waals surface area contributed by atoms with Crippen LogP contribution in [-0.4, -0.2) is 15.6 Å². The van der Waals surface area contributed by atoms with Crippen LogP contribution < -0.4 is 0 Å². The van der Waals surface area contributed by atoms with Gasteiger partial charge in [0.2, 0.25) is 0 Å². The largest absolute Gasteiger partial charge is 0.299 e. The van der Waals surface area contributed by atoms with E-state index < -0.39 is 0 Å². The summed E-state index contributed by atoms with van der Waals surface area (Å²) in [6.45, 7) is 4.25. The fourth-order valence-corrected chi connectivity index (χ4v) is 3.18. The molecule has 1 saturated carbocycles. The molecule has 0 saturated heterocycles. The predicted molar refractivity (Wildman–Crippen MR) is 72.8 cm³/mol. The molecule has 1 heterocycles. The van der Waals surface area contributed by atoms with Crippen LogP contribution >= 0.6 is 11.6 Å². The van der Waals surface area contributed by atoms with Crippen molar-refractivity contribution in [2.45, 2.75) is 46.0 Å². The smallest absolute Gasteiger partial charge is 0.141 e. The van der Waals surface area contributed by atoms with E-state index in [1.165, 1.54) is 6.42 Å². The third-order valence-corrected chi connectivity index (χ3v) is 4.43. The maximum Gasteiger partial charge on any atom is 0.141 e. The van der Waals surface area contributed by atoms with Crippen LogP contribution in [0.2, 0.25) is 5.02 Å². The molecule has 18 heavy (non-hydrogen) atoms. The summed E-state index contributed by atoms with van der Waals surface area (Å²) in [6, 6.07) is 0. The van der Waals surface area contributed by atoms with E-state index in [1.807, 2.05) is 14.0 Å². The van der Waals surface area contributed by atoms with Crippen LogP contribution in [0, 0.1) is 11.8 Å². The zero-order valence-corrected chi connectivity index (χ0v) is 12.1. The summed E-state index contributed by atoms with van der Waals surface area (Å²) in [6.07, 6.45) is 4.49. The minimum atomic E-state index is 0.232. The average molecular weight is 269 g/mol. The molecule has 0 aliphatic heterocycles. The van der Waals surface area contributed by atoms with Crippen molar-refractivity contribution in [3.8, 4) is 0 Å². The van der Waals surface area contributed by atoms with Gasteiger partial charge in [0.15, 0.2) is 0 Å². The fourth-order valence-electron chi connectivity index (χ4n) is 2.82. The lowest BCUT2D eigenvalue weighted by atomic mass is 9.97. The van der Waals surface area contributed by atoms with Crippen LogP contribution in [0.4, 0.5) is 0 Å². The van der Waals surface area contributed by atoms with Gasteiger partial charge in [-0.25, -0.2) is 0 Å². The van der Waals surface area contributed by atoms with Crippen molar-refractivity contribution in [3.63, 3.8) is 0 Å². The Hall–Kier alpha value is -0.830. The highest BCUT2D eigenvalue weighted by molar-refractivity contribution is 6.32. The molecule has 0 bridgehead atoms. The fraction of sp³-hybridized carbons (Fsp3) is 0.714. The van der Waals surface area contributed by atoms with Gasteiger partial charge in [0.05, 0.1) is 22.8 Å². The molecule has 2 rings (SSSR count). The maximum absolute atomic E-state index is 12.3. The lowest BCUT2D eigenvalue weighted by molar-refractivity contribution is -0.122. The van der Waals surface area contributed by atoms with Gasteiger partial charge in [0, 0.05) is 13.0 Å². The molecule has 1 aromatic heterocycles. The maximum atomic E-state index is 12.3. The van der Waals surface area contributed by atoms with Gasteiger partial charge in [0.1, 0.15) is 5.78 Å². The van der Waals surface area contributed by atoms with E-state index in [4.69, 9.17) is 11.6 Å². The van der Waals surface area contributed by atoms with E-state index in [-0.39, 0.29) is 5.92 Å². The van der Waals surface area contributed by atoms with E-state index in [0.29, 0.717) is 23.1 Å². The van der Waals surface area contributed by atoms with Gasteiger partial charge >= 0.3 is 0 Å². The van der Waals surface area contributed by atoms with Gasteiger partial charge in [-0.3, -0.25) is 9.48 Å². The van der Waals surface area contributed by atoms with Gasteiger partial charge in [-0.05, 0) is 31.6 Å². The molecule has 0 amide bonds. The first-order valence-electron chi connectivity index (χ1n) is 6.75. The Morgan fingerprint density at radius 3 is 2.72 bits per heavy atom. The van der Waals surface area contributed by atoms with Crippen LogP contribution in [0.5, 0.6) is 0 Å². The molecule has 3 nitrogen and oxygen atoms in total. The van der Waals surface area contributed by atoms with Gasteiger partial charge in [0.25, 0.3) is 0 Å². The first-order valence-corrected chi connectivity index (χ1v) is 7.13. The summed E-state index contributed by atoms with van der Waals surface area (Å²) in [7, 11) is 1.87. The van der Waals surface area contributed by atoms with Gasteiger partial charge in [-0.1, -0.05) is 25.4 Å². The first-order chi connectivity index (χ1) is 8.52. The lowest BCUT2D eigenvalue weighted by Crippen LogP contribution is -2.16. The molecule has 4 heteroatoms.